The Bertz CT molecular complexity index is 433. The van der Waals surface area contributed by atoms with Gasteiger partial charge in [-0.3, -0.25) is 0 Å². The molecule has 20 heavy (non-hydrogen) atoms. The second kappa shape index (κ2) is 8.43. The zero-order valence-electron chi connectivity index (χ0n) is 12.4. The first kappa shape index (κ1) is 16.3. The lowest BCUT2D eigenvalue weighted by atomic mass is 10.1. The minimum absolute atomic E-state index is 0.225. The summed E-state index contributed by atoms with van der Waals surface area (Å²) in [4.78, 5) is 11.5. The van der Waals surface area contributed by atoms with Gasteiger partial charge < -0.3 is 20.5 Å². The largest absolute Gasteiger partial charge is 0.494 e. The predicted octanol–water partition coefficient (Wildman–Crippen LogP) is 1.96. The Kier molecular flexibility index (Phi) is 6.87. The highest BCUT2D eigenvalue weighted by atomic mass is 16.5. The fraction of sp³-hybridized carbons (Fsp3) is 0.533. The van der Waals surface area contributed by atoms with Crippen molar-refractivity contribution in [3.63, 3.8) is 0 Å². The zero-order valence-corrected chi connectivity index (χ0v) is 12.4. The molecule has 0 saturated heterocycles. The van der Waals surface area contributed by atoms with Gasteiger partial charge in [0.1, 0.15) is 5.75 Å². The number of carbonyl (C=O) groups excluding carboxylic acids is 1. The van der Waals surface area contributed by atoms with E-state index in [2.05, 4.69) is 10.6 Å². The summed E-state index contributed by atoms with van der Waals surface area (Å²) in [6.45, 7) is 7.20. The summed E-state index contributed by atoms with van der Waals surface area (Å²) >= 11 is 0. The normalized spacial score (nSPS) is 11.8. The number of aryl methyl sites for hydroxylation is 1. The Balaban J connectivity index is 2.38. The lowest BCUT2D eigenvalue weighted by Gasteiger charge is -2.11. The number of hydrogen-bond acceptors (Lipinski definition) is 3. The van der Waals surface area contributed by atoms with Crippen LogP contribution in [0, 0.1) is 6.92 Å². The van der Waals surface area contributed by atoms with E-state index in [4.69, 9.17) is 9.84 Å². The van der Waals surface area contributed by atoms with E-state index in [9.17, 15) is 4.79 Å². The summed E-state index contributed by atoms with van der Waals surface area (Å²) in [5, 5.41) is 14.6. The lowest BCUT2D eigenvalue weighted by Crippen LogP contribution is -2.36. The van der Waals surface area contributed by atoms with Crippen molar-refractivity contribution < 1.29 is 14.6 Å². The number of carbonyl (C=O) groups is 1. The molecule has 1 atom stereocenters. The van der Waals surface area contributed by atoms with Crippen LogP contribution >= 0.6 is 0 Å². The second-order valence-corrected chi connectivity index (χ2v) is 4.78. The number of nitrogens with one attached hydrogen (secondary N) is 2. The first-order valence-corrected chi connectivity index (χ1v) is 6.95. The van der Waals surface area contributed by atoms with Crippen LogP contribution in [0.25, 0.3) is 0 Å². The average molecular weight is 280 g/mol. The van der Waals surface area contributed by atoms with Crippen LogP contribution in [0.2, 0.25) is 0 Å². The number of hydrogen-bond donors (Lipinski definition) is 3. The Morgan fingerprint density at radius 1 is 1.40 bits per heavy atom. The van der Waals surface area contributed by atoms with Crippen LogP contribution in [0.15, 0.2) is 18.2 Å². The summed E-state index contributed by atoms with van der Waals surface area (Å²) in [7, 11) is 0. The first-order chi connectivity index (χ1) is 9.52. The van der Waals surface area contributed by atoms with E-state index in [-0.39, 0.29) is 6.03 Å². The number of rotatable bonds is 7. The highest BCUT2D eigenvalue weighted by molar-refractivity contribution is 5.73. The maximum absolute atomic E-state index is 11.5. The highest BCUT2D eigenvalue weighted by Gasteiger charge is 2.04. The van der Waals surface area contributed by atoms with E-state index in [0.29, 0.717) is 26.1 Å². The molecule has 5 nitrogen and oxygen atoms in total. The Morgan fingerprint density at radius 3 is 2.75 bits per heavy atom. The number of ether oxygens (including phenoxy) is 1. The summed E-state index contributed by atoms with van der Waals surface area (Å²) in [5.74, 6) is 0.873. The topological polar surface area (TPSA) is 70.6 Å². The van der Waals surface area contributed by atoms with Gasteiger partial charge in [-0.05, 0) is 44.4 Å². The van der Waals surface area contributed by atoms with Crippen LogP contribution in [0.4, 0.5) is 4.79 Å². The van der Waals surface area contributed by atoms with Gasteiger partial charge in [0.15, 0.2) is 0 Å². The third kappa shape index (κ3) is 5.93. The quantitative estimate of drug-likeness (QED) is 0.715. The van der Waals surface area contributed by atoms with Gasteiger partial charge in [-0.1, -0.05) is 12.1 Å². The van der Waals surface area contributed by atoms with Crippen molar-refractivity contribution in [3.05, 3.63) is 29.3 Å². The number of urea groups is 1. The van der Waals surface area contributed by atoms with Gasteiger partial charge in [-0.2, -0.15) is 0 Å². The van der Waals surface area contributed by atoms with E-state index < -0.39 is 6.10 Å². The molecular formula is C15H24N2O3. The van der Waals surface area contributed by atoms with Crippen LogP contribution < -0.4 is 15.4 Å². The number of aliphatic hydroxyl groups excluding tert-OH is 1. The molecule has 1 aromatic carbocycles. The molecule has 0 aliphatic rings. The monoisotopic (exact) mass is 280 g/mol. The Labute approximate surface area is 120 Å². The van der Waals surface area contributed by atoms with E-state index in [1.54, 1.807) is 6.92 Å². The molecular weight excluding hydrogens is 256 g/mol. The van der Waals surface area contributed by atoms with Gasteiger partial charge in [0.25, 0.3) is 0 Å². The molecule has 1 rings (SSSR count). The van der Waals surface area contributed by atoms with E-state index in [1.165, 1.54) is 0 Å². The molecule has 0 saturated carbocycles. The average Bonchev–Trinajstić information content (AvgIpc) is 2.39. The van der Waals surface area contributed by atoms with Crippen molar-refractivity contribution in [2.24, 2.45) is 0 Å². The SMILES string of the molecule is CCOc1ccc(CNC(=O)NCCC(C)O)cc1C. The zero-order chi connectivity index (χ0) is 15.0. The van der Waals surface area contributed by atoms with Crippen LogP contribution in [-0.2, 0) is 6.54 Å². The highest BCUT2D eigenvalue weighted by Crippen LogP contribution is 2.18. The molecule has 112 valence electrons. The van der Waals surface area contributed by atoms with Crippen LogP contribution in [0.5, 0.6) is 5.75 Å². The van der Waals surface area contributed by atoms with Crippen molar-refractivity contribution in [2.45, 2.75) is 39.8 Å². The van der Waals surface area contributed by atoms with Crippen LogP contribution in [0.3, 0.4) is 0 Å². The molecule has 2 amide bonds. The first-order valence-electron chi connectivity index (χ1n) is 6.95. The maximum Gasteiger partial charge on any atom is 0.315 e. The van der Waals surface area contributed by atoms with Crippen LogP contribution in [0.1, 0.15) is 31.4 Å². The third-order valence-electron chi connectivity index (χ3n) is 2.84. The Hall–Kier alpha value is -1.75. The second-order valence-electron chi connectivity index (χ2n) is 4.78. The summed E-state index contributed by atoms with van der Waals surface area (Å²) in [6.07, 6.45) is 0.152. The fourth-order valence-electron chi connectivity index (χ4n) is 1.78. The Morgan fingerprint density at radius 2 is 2.15 bits per heavy atom. The van der Waals surface area contributed by atoms with Gasteiger partial charge in [-0.15, -0.1) is 0 Å². The molecule has 3 N–H and O–H groups in total. The molecule has 0 bridgehead atoms. The molecule has 5 heteroatoms. The summed E-state index contributed by atoms with van der Waals surface area (Å²) in [5.41, 5.74) is 2.08. The van der Waals surface area contributed by atoms with Gasteiger partial charge >= 0.3 is 6.03 Å². The lowest BCUT2D eigenvalue weighted by molar-refractivity contribution is 0.183. The fourth-order valence-corrected chi connectivity index (χ4v) is 1.78. The molecule has 0 aliphatic carbocycles. The molecule has 1 unspecified atom stereocenters. The summed E-state index contributed by atoms with van der Waals surface area (Å²) < 4.78 is 5.47. The number of benzene rings is 1. The van der Waals surface area contributed by atoms with Gasteiger partial charge in [0, 0.05) is 13.1 Å². The van der Waals surface area contributed by atoms with Crippen molar-refractivity contribution in [1.29, 1.82) is 0 Å². The molecule has 0 fully saturated rings. The van der Waals surface area contributed by atoms with Crippen molar-refractivity contribution in [2.75, 3.05) is 13.2 Å². The molecule has 1 aromatic rings. The maximum atomic E-state index is 11.5. The molecule has 0 spiro atoms. The van der Waals surface area contributed by atoms with E-state index in [0.717, 1.165) is 16.9 Å². The van der Waals surface area contributed by atoms with Crippen LogP contribution in [-0.4, -0.2) is 30.4 Å². The minimum Gasteiger partial charge on any atom is -0.494 e. The predicted molar refractivity (Wildman–Crippen MR) is 78.9 cm³/mol. The van der Waals surface area contributed by atoms with Gasteiger partial charge in [0.2, 0.25) is 0 Å². The third-order valence-corrected chi connectivity index (χ3v) is 2.84. The molecule has 0 aliphatic heterocycles. The molecule has 0 aromatic heterocycles. The number of amides is 2. The summed E-state index contributed by atoms with van der Waals surface area (Å²) in [6, 6.07) is 5.63. The molecule has 0 heterocycles. The van der Waals surface area contributed by atoms with E-state index in [1.807, 2.05) is 32.0 Å². The smallest absolute Gasteiger partial charge is 0.315 e. The molecule has 0 radical (unpaired) electrons. The van der Waals surface area contributed by atoms with Gasteiger partial charge in [0.05, 0.1) is 12.7 Å². The standard InChI is InChI=1S/C15H24N2O3/c1-4-20-14-6-5-13(9-11(14)2)10-17-15(19)16-8-7-12(3)18/h5-6,9,12,18H,4,7-8,10H2,1-3H3,(H2,16,17,19). The van der Waals surface area contributed by atoms with Gasteiger partial charge in [-0.25, -0.2) is 4.79 Å². The minimum atomic E-state index is -0.399. The van der Waals surface area contributed by atoms with Crippen molar-refractivity contribution >= 4 is 6.03 Å². The van der Waals surface area contributed by atoms with E-state index >= 15 is 0 Å². The number of aliphatic hydroxyl groups is 1. The van der Waals surface area contributed by atoms with Crippen molar-refractivity contribution in [3.8, 4) is 5.75 Å². The van der Waals surface area contributed by atoms with Crippen molar-refractivity contribution in [1.82, 2.24) is 10.6 Å².